The fourth-order valence-corrected chi connectivity index (χ4v) is 4.25. The Morgan fingerprint density at radius 1 is 1.19 bits per heavy atom. The zero-order valence-electron chi connectivity index (χ0n) is 11.0. The molecular weight excluding hydrogens is 342 g/mol. The van der Waals surface area contributed by atoms with Crippen molar-refractivity contribution in [1.29, 1.82) is 0 Å². The molecule has 0 N–H and O–H groups in total. The summed E-state index contributed by atoms with van der Waals surface area (Å²) >= 11 is 14.2. The van der Waals surface area contributed by atoms with Crippen molar-refractivity contribution >= 4 is 68.9 Å². The summed E-state index contributed by atoms with van der Waals surface area (Å²) in [5.41, 5.74) is 0.743. The van der Waals surface area contributed by atoms with Crippen molar-refractivity contribution < 1.29 is 4.79 Å². The number of aryl methyl sites for hydroxylation is 1. The second kappa shape index (κ2) is 5.93. The lowest BCUT2D eigenvalue weighted by Crippen LogP contribution is -2.27. The zero-order valence-corrected chi connectivity index (χ0v) is 14.2. The van der Waals surface area contributed by atoms with Crippen LogP contribution in [0.2, 0.25) is 5.02 Å². The summed E-state index contributed by atoms with van der Waals surface area (Å²) in [6.45, 7) is 2.04. The lowest BCUT2D eigenvalue weighted by atomic mass is 10.3. The monoisotopic (exact) mass is 351 g/mol. The van der Waals surface area contributed by atoms with E-state index in [-0.39, 0.29) is 5.91 Å². The maximum Gasteiger partial charge on any atom is 0.270 e. The van der Waals surface area contributed by atoms with Crippen molar-refractivity contribution in [1.82, 2.24) is 0 Å². The number of hydrogen-bond acceptors (Lipinski definition) is 4. The minimum Gasteiger partial charge on any atom is -0.268 e. The maximum atomic E-state index is 12.5. The summed E-state index contributed by atoms with van der Waals surface area (Å²) in [5.74, 6) is -0.0848. The standard InChI is InChI=1S/C15H10ClNOS3/c1-9-2-7-12(20-9)8-13-14(18)17(15(19)21-13)11-5-3-10(16)4-6-11/h2-8H,1H3/b13-8+. The third-order valence-corrected chi connectivity index (χ3v) is 5.41. The van der Waals surface area contributed by atoms with Crippen molar-refractivity contribution in [2.24, 2.45) is 0 Å². The lowest BCUT2D eigenvalue weighted by Gasteiger charge is -2.14. The minimum absolute atomic E-state index is 0.0848. The molecule has 2 heterocycles. The van der Waals surface area contributed by atoms with E-state index in [0.717, 1.165) is 10.6 Å². The molecule has 2 aromatic rings. The van der Waals surface area contributed by atoms with Crippen LogP contribution >= 0.6 is 46.9 Å². The number of thiocarbonyl (C=S) groups is 1. The van der Waals surface area contributed by atoms with E-state index in [1.54, 1.807) is 40.5 Å². The van der Waals surface area contributed by atoms with Crippen LogP contribution in [-0.4, -0.2) is 10.2 Å². The number of hydrogen-bond donors (Lipinski definition) is 0. The summed E-state index contributed by atoms with van der Waals surface area (Å²) in [5, 5.41) is 0.633. The molecule has 21 heavy (non-hydrogen) atoms. The van der Waals surface area contributed by atoms with Crippen molar-refractivity contribution in [2.45, 2.75) is 6.92 Å². The Morgan fingerprint density at radius 2 is 1.90 bits per heavy atom. The normalized spacial score (nSPS) is 17.0. The summed E-state index contributed by atoms with van der Waals surface area (Å²) in [6.07, 6.45) is 1.90. The number of thioether (sulfide) groups is 1. The van der Waals surface area contributed by atoms with E-state index in [4.69, 9.17) is 23.8 Å². The zero-order chi connectivity index (χ0) is 15.0. The highest BCUT2D eigenvalue weighted by molar-refractivity contribution is 8.27. The van der Waals surface area contributed by atoms with Gasteiger partial charge in [0, 0.05) is 14.8 Å². The predicted octanol–water partition coefficient (Wildman–Crippen LogP) is 5.12. The summed E-state index contributed by atoms with van der Waals surface area (Å²) in [4.78, 5) is 17.0. The Labute approximate surface area is 141 Å². The molecule has 0 spiro atoms. The molecule has 0 saturated carbocycles. The number of carbonyl (C=O) groups is 1. The van der Waals surface area contributed by atoms with E-state index in [0.29, 0.717) is 14.2 Å². The van der Waals surface area contributed by atoms with Crippen molar-refractivity contribution in [3.8, 4) is 0 Å². The minimum atomic E-state index is -0.0848. The van der Waals surface area contributed by atoms with Crippen LogP contribution in [-0.2, 0) is 4.79 Å². The van der Waals surface area contributed by atoms with Crippen LogP contribution in [0.3, 0.4) is 0 Å². The second-order valence-corrected chi connectivity index (χ2v) is 7.87. The van der Waals surface area contributed by atoms with Gasteiger partial charge in [0.2, 0.25) is 0 Å². The highest BCUT2D eigenvalue weighted by atomic mass is 35.5. The van der Waals surface area contributed by atoms with E-state index in [9.17, 15) is 4.79 Å². The summed E-state index contributed by atoms with van der Waals surface area (Å²) in [6, 6.07) is 11.1. The molecule has 1 aromatic heterocycles. The van der Waals surface area contributed by atoms with Gasteiger partial charge in [0.15, 0.2) is 4.32 Å². The van der Waals surface area contributed by atoms with Crippen LogP contribution in [0, 0.1) is 6.92 Å². The smallest absolute Gasteiger partial charge is 0.268 e. The van der Waals surface area contributed by atoms with Gasteiger partial charge in [-0.1, -0.05) is 35.6 Å². The highest BCUT2D eigenvalue weighted by Crippen LogP contribution is 2.37. The van der Waals surface area contributed by atoms with E-state index in [1.165, 1.54) is 16.6 Å². The Balaban J connectivity index is 1.92. The molecule has 3 rings (SSSR count). The van der Waals surface area contributed by atoms with Gasteiger partial charge in [-0.05, 0) is 49.4 Å². The third kappa shape index (κ3) is 3.06. The Hall–Kier alpha value is -1.14. The number of nitrogens with zero attached hydrogens (tertiary/aromatic N) is 1. The van der Waals surface area contributed by atoms with Gasteiger partial charge in [-0.25, -0.2) is 0 Å². The van der Waals surface area contributed by atoms with Crippen LogP contribution in [0.1, 0.15) is 9.75 Å². The van der Waals surface area contributed by atoms with Gasteiger partial charge in [0.05, 0.1) is 10.6 Å². The van der Waals surface area contributed by atoms with E-state index < -0.39 is 0 Å². The number of carbonyl (C=O) groups excluding carboxylic acids is 1. The number of anilines is 1. The molecule has 0 unspecified atom stereocenters. The van der Waals surface area contributed by atoms with Gasteiger partial charge in [-0.15, -0.1) is 11.3 Å². The van der Waals surface area contributed by atoms with E-state index >= 15 is 0 Å². The first-order valence-electron chi connectivity index (χ1n) is 6.14. The van der Waals surface area contributed by atoms with Gasteiger partial charge >= 0.3 is 0 Å². The fourth-order valence-electron chi connectivity index (χ4n) is 1.94. The van der Waals surface area contributed by atoms with E-state index in [1.807, 2.05) is 25.1 Å². The van der Waals surface area contributed by atoms with Gasteiger partial charge < -0.3 is 0 Å². The Bertz CT molecular complexity index is 749. The molecule has 0 bridgehead atoms. The average Bonchev–Trinajstić information content (AvgIpc) is 2.96. The van der Waals surface area contributed by atoms with Crippen LogP contribution in [0.4, 0.5) is 5.69 Å². The molecule has 1 saturated heterocycles. The molecule has 1 amide bonds. The molecule has 1 aliphatic heterocycles. The third-order valence-electron chi connectivity index (χ3n) is 2.91. The average molecular weight is 352 g/mol. The molecular formula is C15H10ClNOS3. The van der Waals surface area contributed by atoms with Crippen molar-refractivity contribution in [3.63, 3.8) is 0 Å². The van der Waals surface area contributed by atoms with Crippen molar-refractivity contribution in [2.75, 3.05) is 4.90 Å². The second-order valence-electron chi connectivity index (χ2n) is 4.44. The van der Waals surface area contributed by atoms with Crippen molar-refractivity contribution in [3.05, 3.63) is 56.1 Å². The largest absolute Gasteiger partial charge is 0.270 e. The van der Waals surface area contributed by atoms with Crippen LogP contribution in [0.25, 0.3) is 6.08 Å². The van der Waals surface area contributed by atoms with Gasteiger partial charge in [-0.3, -0.25) is 9.69 Å². The quantitative estimate of drug-likeness (QED) is 0.553. The first kappa shape index (κ1) is 14.8. The number of benzene rings is 1. The number of thiophene rings is 1. The highest BCUT2D eigenvalue weighted by Gasteiger charge is 2.33. The number of rotatable bonds is 2. The number of amides is 1. The molecule has 6 heteroatoms. The first-order chi connectivity index (χ1) is 10.0. The molecule has 1 aromatic carbocycles. The molecule has 106 valence electrons. The number of halogens is 1. The van der Waals surface area contributed by atoms with E-state index in [2.05, 4.69) is 0 Å². The Morgan fingerprint density at radius 3 is 2.52 bits per heavy atom. The Kier molecular flexibility index (Phi) is 4.17. The maximum absolute atomic E-state index is 12.5. The van der Waals surface area contributed by atoms with Gasteiger partial charge in [0.25, 0.3) is 5.91 Å². The summed E-state index contributed by atoms with van der Waals surface area (Å²) < 4.78 is 0.543. The molecule has 1 fully saturated rings. The molecule has 0 atom stereocenters. The first-order valence-corrected chi connectivity index (χ1v) is 8.56. The molecule has 0 radical (unpaired) electrons. The molecule has 2 nitrogen and oxygen atoms in total. The van der Waals surface area contributed by atoms with Crippen LogP contribution < -0.4 is 4.90 Å². The molecule has 0 aliphatic carbocycles. The van der Waals surface area contributed by atoms with Crippen LogP contribution in [0.5, 0.6) is 0 Å². The summed E-state index contributed by atoms with van der Waals surface area (Å²) in [7, 11) is 0. The fraction of sp³-hybridized carbons (Fsp3) is 0.0667. The molecule has 1 aliphatic rings. The van der Waals surface area contributed by atoms with Crippen LogP contribution in [0.15, 0.2) is 41.3 Å². The lowest BCUT2D eigenvalue weighted by molar-refractivity contribution is -0.113. The van der Waals surface area contributed by atoms with Gasteiger partial charge in [0.1, 0.15) is 0 Å². The predicted molar refractivity (Wildman–Crippen MR) is 96.2 cm³/mol. The van der Waals surface area contributed by atoms with Gasteiger partial charge in [-0.2, -0.15) is 0 Å². The SMILES string of the molecule is Cc1ccc(/C=C2/SC(=S)N(c3ccc(Cl)cc3)C2=O)s1. The topological polar surface area (TPSA) is 20.3 Å².